The van der Waals surface area contributed by atoms with Crippen LogP contribution in [0.1, 0.15) is 19.3 Å². The van der Waals surface area contributed by atoms with Crippen LogP contribution in [0, 0.1) is 5.75 Å². The van der Waals surface area contributed by atoms with E-state index in [4.69, 9.17) is 0 Å². The molecule has 0 aromatic heterocycles. The number of hydrogen-bond acceptors (Lipinski definition) is 2. The molecule has 0 aromatic carbocycles. The molecule has 0 saturated carbocycles. The zero-order chi connectivity index (χ0) is 6.04. The van der Waals surface area contributed by atoms with Crippen molar-refractivity contribution in [2.24, 2.45) is 0 Å². The fourth-order valence-electron chi connectivity index (χ4n) is 0.717. The van der Waals surface area contributed by atoms with E-state index in [9.17, 15) is 8.42 Å². The third-order valence-corrected chi connectivity index (χ3v) is 2.63. The van der Waals surface area contributed by atoms with E-state index < -0.39 is 9.84 Å². The zero-order valence-corrected chi connectivity index (χ0v) is 5.37. The van der Waals surface area contributed by atoms with Crippen LogP contribution in [-0.4, -0.2) is 14.2 Å². The van der Waals surface area contributed by atoms with Crippen molar-refractivity contribution < 1.29 is 8.42 Å². The highest BCUT2D eigenvalue weighted by molar-refractivity contribution is 7.93. The van der Waals surface area contributed by atoms with Crippen molar-refractivity contribution >= 4 is 9.84 Å². The van der Waals surface area contributed by atoms with Crippen molar-refractivity contribution in [2.45, 2.75) is 19.3 Å². The third-order valence-electron chi connectivity index (χ3n) is 1.16. The van der Waals surface area contributed by atoms with E-state index in [2.05, 4.69) is 5.75 Å². The molecule has 2 radical (unpaired) electrons. The second kappa shape index (κ2) is 2.05. The summed E-state index contributed by atoms with van der Waals surface area (Å²) in [5.74, 6) is 2.74. The van der Waals surface area contributed by atoms with Crippen LogP contribution in [0.25, 0.3) is 0 Å². The van der Waals surface area contributed by atoms with Crippen LogP contribution >= 0.6 is 0 Å². The minimum atomic E-state index is -2.83. The summed E-state index contributed by atoms with van der Waals surface area (Å²) in [6.45, 7) is 0. The molecule has 1 saturated heterocycles. The molecular weight excluding hydrogens is 124 g/mol. The van der Waals surface area contributed by atoms with Gasteiger partial charge in [-0.1, -0.05) is 6.42 Å². The van der Waals surface area contributed by atoms with Gasteiger partial charge in [0.2, 0.25) is 0 Å². The smallest absolute Gasteiger partial charge is 0.159 e. The van der Waals surface area contributed by atoms with Crippen molar-refractivity contribution in [3.05, 3.63) is 5.75 Å². The summed E-state index contributed by atoms with van der Waals surface area (Å²) in [7, 11) is -2.83. The highest BCUT2D eigenvalue weighted by atomic mass is 32.2. The van der Waals surface area contributed by atoms with Crippen molar-refractivity contribution in [3.63, 3.8) is 0 Å². The molecule has 8 heavy (non-hydrogen) atoms. The van der Waals surface area contributed by atoms with Crippen LogP contribution in [-0.2, 0) is 9.84 Å². The lowest BCUT2D eigenvalue weighted by atomic mass is 10.3. The van der Waals surface area contributed by atoms with Gasteiger partial charge in [-0.15, -0.1) is 0 Å². The predicted molar refractivity (Wildman–Crippen MR) is 30.9 cm³/mol. The standard InChI is InChI=1S/C5H8O2S/c6-8(7)4-2-1-3-5-8/h1-4H2. The molecule has 1 heterocycles. The summed E-state index contributed by atoms with van der Waals surface area (Å²) in [6.07, 6.45) is 2.43. The summed E-state index contributed by atoms with van der Waals surface area (Å²) >= 11 is 0. The molecule has 0 amide bonds. The maximum atomic E-state index is 10.5. The molecule has 0 spiro atoms. The minimum absolute atomic E-state index is 0.312. The van der Waals surface area contributed by atoms with Crippen LogP contribution in [0.4, 0.5) is 0 Å². The van der Waals surface area contributed by atoms with Gasteiger partial charge in [0, 0.05) is 0 Å². The van der Waals surface area contributed by atoms with Gasteiger partial charge in [-0.3, -0.25) is 0 Å². The van der Waals surface area contributed by atoms with Crippen molar-refractivity contribution in [1.82, 2.24) is 0 Å². The summed E-state index contributed by atoms with van der Waals surface area (Å²) in [6, 6.07) is 0. The van der Waals surface area contributed by atoms with Gasteiger partial charge in [0.05, 0.1) is 5.75 Å². The Balaban J connectivity index is 2.58. The second-order valence-corrected chi connectivity index (χ2v) is 3.85. The topological polar surface area (TPSA) is 34.1 Å². The largest absolute Gasteiger partial charge is 0.228 e. The molecule has 1 fully saturated rings. The maximum absolute atomic E-state index is 10.5. The molecule has 0 unspecified atom stereocenters. The van der Waals surface area contributed by atoms with E-state index in [0.717, 1.165) is 12.8 Å². The quantitative estimate of drug-likeness (QED) is 0.484. The van der Waals surface area contributed by atoms with Crippen LogP contribution in [0.3, 0.4) is 0 Å². The Morgan fingerprint density at radius 3 is 2.25 bits per heavy atom. The third kappa shape index (κ3) is 1.47. The lowest BCUT2D eigenvalue weighted by Gasteiger charge is -2.07. The lowest BCUT2D eigenvalue weighted by Crippen LogP contribution is -2.11. The van der Waals surface area contributed by atoms with Crippen LogP contribution in [0.5, 0.6) is 0 Å². The molecule has 46 valence electrons. The Morgan fingerprint density at radius 1 is 1.25 bits per heavy atom. The molecular formula is C5H8O2S. The van der Waals surface area contributed by atoms with Gasteiger partial charge >= 0.3 is 0 Å². The predicted octanol–water partition coefficient (Wildman–Crippen LogP) is 0.624. The fraction of sp³-hybridized carbons (Fsp3) is 0.800. The summed E-state index contributed by atoms with van der Waals surface area (Å²) in [5, 5.41) is 0. The number of sulfone groups is 1. The average Bonchev–Trinajstić information content (AvgIpc) is 1.65. The first-order chi connectivity index (χ1) is 3.71. The first-order valence-corrected chi connectivity index (χ1v) is 4.33. The Hall–Kier alpha value is -0.0500. The van der Waals surface area contributed by atoms with Crippen LogP contribution in [0.2, 0.25) is 0 Å². The van der Waals surface area contributed by atoms with E-state index >= 15 is 0 Å². The van der Waals surface area contributed by atoms with Gasteiger partial charge < -0.3 is 0 Å². The van der Waals surface area contributed by atoms with E-state index in [1.165, 1.54) is 0 Å². The summed E-state index contributed by atoms with van der Waals surface area (Å²) in [4.78, 5) is 0. The molecule has 3 heteroatoms. The fourth-order valence-corrected chi connectivity index (χ4v) is 1.90. The minimum Gasteiger partial charge on any atom is -0.228 e. The van der Waals surface area contributed by atoms with Gasteiger partial charge in [-0.25, -0.2) is 8.42 Å². The molecule has 1 rings (SSSR count). The highest BCUT2D eigenvalue weighted by Crippen LogP contribution is 2.13. The van der Waals surface area contributed by atoms with Crippen molar-refractivity contribution in [3.8, 4) is 0 Å². The molecule has 0 aromatic rings. The van der Waals surface area contributed by atoms with Gasteiger partial charge in [0.15, 0.2) is 9.84 Å². The summed E-state index contributed by atoms with van der Waals surface area (Å²) < 4.78 is 21.1. The molecule has 1 aliphatic rings. The second-order valence-electron chi connectivity index (χ2n) is 1.92. The Kier molecular flexibility index (Phi) is 1.56. The van der Waals surface area contributed by atoms with E-state index in [1.807, 2.05) is 0 Å². The SMILES string of the molecule is O=S1(=O)[C]CCCC1. The molecule has 0 aliphatic carbocycles. The Labute approximate surface area is 49.8 Å². The maximum Gasteiger partial charge on any atom is 0.159 e. The molecule has 0 bridgehead atoms. The van der Waals surface area contributed by atoms with Gasteiger partial charge in [0.25, 0.3) is 0 Å². The lowest BCUT2D eigenvalue weighted by molar-refractivity contribution is 0.585. The first-order valence-electron chi connectivity index (χ1n) is 2.68. The number of hydrogen-bond donors (Lipinski definition) is 0. The normalized spacial score (nSPS) is 27.5. The highest BCUT2D eigenvalue weighted by Gasteiger charge is 2.15. The van der Waals surface area contributed by atoms with Crippen molar-refractivity contribution in [1.29, 1.82) is 0 Å². The van der Waals surface area contributed by atoms with E-state index in [0.29, 0.717) is 12.2 Å². The Bertz CT molecular complexity index is 145. The first kappa shape index (κ1) is 6.08. The van der Waals surface area contributed by atoms with E-state index in [-0.39, 0.29) is 0 Å². The van der Waals surface area contributed by atoms with E-state index in [1.54, 1.807) is 0 Å². The van der Waals surface area contributed by atoms with Gasteiger partial charge in [0.1, 0.15) is 5.75 Å². The van der Waals surface area contributed by atoms with Crippen LogP contribution < -0.4 is 0 Å². The van der Waals surface area contributed by atoms with Gasteiger partial charge in [-0.2, -0.15) is 0 Å². The molecule has 1 aliphatic heterocycles. The number of rotatable bonds is 0. The summed E-state index contributed by atoms with van der Waals surface area (Å²) in [5.41, 5.74) is 0. The molecule has 0 N–H and O–H groups in total. The zero-order valence-electron chi connectivity index (χ0n) is 4.55. The average molecular weight is 132 g/mol. The van der Waals surface area contributed by atoms with Gasteiger partial charge in [-0.05, 0) is 12.8 Å². The molecule has 2 nitrogen and oxygen atoms in total. The van der Waals surface area contributed by atoms with Crippen LogP contribution in [0.15, 0.2) is 0 Å². The van der Waals surface area contributed by atoms with Crippen molar-refractivity contribution in [2.75, 3.05) is 5.75 Å². The monoisotopic (exact) mass is 132 g/mol. The molecule has 0 atom stereocenters. The Morgan fingerprint density at radius 2 is 2.00 bits per heavy atom.